The lowest BCUT2D eigenvalue weighted by molar-refractivity contribution is 1.02. The molecule has 0 aliphatic heterocycles. The van der Waals surface area contributed by atoms with E-state index in [-0.39, 0.29) is 0 Å². The highest BCUT2D eigenvalue weighted by Gasteiger charge is 1.98. The Hall–Kier alpha value is -1.67. The van der Waals surface area contributed by atoms with Crippen LogP contribution in [0.1, 0.15) is 11.1 Å². The van der Waals surface area contributed by atoms with Crippen LogP contribution in [-0.4, -0.2) is 6.54 Å². The van der Waals surface area contributed by atoms with Crippen molar-refractivity contribution in [3.8, 4) is 0 Å². The Bertz CT molecular complexity index is 521. The molecule has 0 amide bonds. The van der Waals surface area contributed by atoms with Gasteiger partial charge in [-0.3, -0.25) is 0 Å². The van der Waals surface area contributed by atoms with Crippen LogP contribution >= 0.6 is 11.6 Å². The number of nitrogens with one attached hydrogen (secondary N) is 1. The maximum atomic E-state index is 5.85. The number of hydrogen-bond donors (Lipinski definition) is 2. The molecule has 0 aromatic heterocycles. The van der Waals surface area contributed by atoms with E-state index in [0.29, 0.717) is 0 Å². The summed E-state index contributed by atoms with van der Waals surface area (Å²) in [6.45, 7) is 2.95. The molecule has 0 saturated carbocycles. The lowest BCUT2D eigenvalue weighted by atomic mass is 10.1. The van der Waals surface area contributed by atoms with Crippen LogP contribution in [0.15, 0.2) is 42.5 Å². The number of aryl methyl sites for hydroxylation is 1. The number of nitrogens with two attached hydrogens (primary N) is 1. The van der Waals surface area contributed by atoms with Crippen LogP contribution in [-0.2, 0) is 6.42 Å². The fraction of sp³-hybridized carbons (Fsp3) is 0.200. The second-order valence-corrected chi connectivity index (χ2v) is 4.81. The molecule has 2 rings (SSSR count). The molecule has 0 atom stereocenters. The minimum absolute atomic E-state index is 0.779. The summed E-state index contributed by atoms with van der Waals surface area (Å²) in [7, 11) is 0. The van der Waals surface area contributed by atoms with E-state index in [4.69, 9.17) is 17.3 Å². The Kier molecular flexibility index (Phi) is 4.11. The van der Waals surface area contributed by atoms with Crippen molar-refractivity contribution in [3.63, 3.8) is 0 Å². The van der Waals surface area contributed by atoms with Crippen molar-refractivity contribution >= 4 is 23.0 Å². The van der Waals surface area contributed by atoms with Crippen LogP contribution in [0.2, 0.25) is 5.02 Å². The quantitative estimate of drug-likeness (QED) is 0.819. The molecule has 0 heterocycles. The summed E-state index contributed by atoms with van der Waals surface area (Å²) >= 11 is 5.85. The number of halogens is 1. The molecule has 0 spiro atoms. The van der Waals surface area contributed by atoms with Crippen molar-refractivity contribution in [2.24, 2.45) is 0 Å². The zero-order chi connectivity index (χ0) is 13.0. The van der Waals surface area contributed by atoms with Gasteiger partial charge in [0.15, 0.2) is 0 Å². The fourth-order valence-electron chi connectivity index (χ4n) is 1.88. The van der Waals surface area contributed by atoms with Gasteiger partial charge in [-0.1, -0.05) is 23.7 Å². The Morgan fingerprint density at radius 2 is 1.83 bits per heavy atom. The zero-order valence-corrected chi connectivity index (χ0v) is 11.2. The molecular formula is C15H17ClN2. The highest BCUT2D eigenvalue weighted by molar-refractivity contribution is 6.30. The number of rotatable bonds is 4. The predicted octanol–water partition coefficient (Wildman–Crippen LogP) is 3.89. The van der Waals surface area contributed by atoms with Crippen molar-refractivity contribution < 1.29 is 0 Å². The van der Waals surface area contributed by atoms with Gasteiger partial charge in [-0.05, 0) is 54.8 Å². The van der Waals surface area contributed by atoms with Gasteiger partial charge < -0.3 is 11.1 Å². The molecule has 2 aromatic carbocycles. The second kappa shape index (κ2) is 5.78. The van der Waals surface area contributed by atoms with E-state index in [2.05, 4.69) is 24.4 Å². The number of hydrogen-bond acceptors (Lipinski definition) is 2. The van der Waals surface area contributed by atoms with E-state index >= 15 is 0 Å². The van der Waals surface area contributed by atoms with Gasteiger partial charge in [-0.2, -0.15) is 0 Å². The average Bonchev–Trinajstić information content (AvgIpc) is 2.34. The molecule has 0 saturated heterocycles. The van der Waals surface area contributed by atoms with Crippen LogP contribution in [0, 0.1) is 6.92 Å². The Morgan fingerprint density at radius 1 is 1.11 bits per heavy atom. The van der Waals surface area contributed by atoms with Gasteiger partial charge in [-0.15, -0.1) is 0 Å². The second-order valence-electron chi connectivity index (χ2n) is 4.38. The summed E-state index contributed by atoms with van der Waals surface area (Å²) in [5, 5.41) is 4.19. The van der Waals surface area contributed by atoms with Crippen LogP contribution < -0.4 is 11.1 Å². The third-order valence-corrected chi connectivity index (χ3v) is 3.14. The Labute approximate surface area is 113 Å². The third kappa shape index (κ3) is 3.41. The zero-order valence-electron chi connectivity index (χ0n) is 10.4. The van der Waals surface area contributed by atoms with Gasteiger partial charge >= 0.3 is 0 Å². The summed E-state index contributed by atoms with van der Waals surface area (Å²) in [6.07, 6.45) is 0.973. The van der Waals surface area contributed by atoms with Gasteiger partial charge in [0.2, 0.25) is 0 Å². The minimum atomic E-state index is 0.779. The minimum Gasteiger partial charge on any atom is -0.399 e. The number of anilines is 2. The molecular weight excluding hydrogens is 244 g/mol. The van der Waals surface area contributed by atoms with Gasteiger partial charge in [0.05, 0.1) is 0 Å². The molecule has 2 nitrogen and oxygen atoms in total. The van der Waals surface area contributed by atoms with Gasteiger partial charge in [-0.25, -0.2) is 0 Å². The standard InChI is InChI=1S/C15H17ClN2/c1-11-10-14(17)6-7-15(11)18-9-8-12-2-4-13(16)5-3-12/h2-7,10,18H,8-9,17H2,1H3. The van der Waals surface area contributed by atoms with Gasteiger partial charge in [0.1, 0.15) is 0 Å². The van der Waals surface area contributed by atoms with Crippen LogP contribution in [0.4, 0.5) is 11.4 Å². The topological polar surface area (TPSA) is 38.0 Å². The summed E-state index contributed by atoms with van der Waals surface area (Å²) in [5.41, 5.74) is 10.1. The maximum Gasteiger partial charge on any atom is 0.0406 e. The van der Waals surface area contributed by atoms with Gasteiger partial charge in [0.25, 0.3) is 0 Å². The molecule has 0 aliphatic carbocycles. The smallest absolute Gasteiger partial charge is 0.0406 e. The average molecular weight is 261 g/mol. The highest BCUT2D eigenvalue weighted by atomic mass is 35.5. The highest BCUT2D eigenvalue weighted by Crippen LogP contribution is 2.17. The molecule has 94 valence electrons. The molecule has 0 unspecified atom stereocenters. The fourth-order valence-corrected chi connectivity index (χ4v) is 2.00. The number of nitrogen functional groups attached to an aromatic ring is 1. The summed E-state index contributed by atoms with van der Waals surface area (Å²) in [5.74, 6) is 0. The van der Waals surface area contributed by atoms with Crippen molar-refractivity contribution in [2.75, 3.05) is 17.6 Å². The van der Waals surface area contributed by atoms with E-state index < -0.39 is 0 Å². The maximum absolute atomic E-state index is 5.85. The Balaban J connectivity index is 1.90. The van der Waals surface area contributed by atoms with E-state index in [9.17, 15) is 0 Å². The van der Waals surface area contributed by atoms with Crippen LogP contribution in [0.3, 0.4) is 0 Å². The lowest BCUT2D eigenvalue weighted by Gasteiger charge is -2.10. The predicted molar refractivity (Wildman–Crippen MR) is 79.2 cm³/mol. The molecule has 0 fully saturated rings. The SMILES string of the molecule is Cc1cc(N)ccc1NCCc1ccc(Cl)cc1. The summed E-state index contributed by atoms with van der Waals surface area (Å²) < 4.78 is 0. The molecule has 18 heavy (non-hydrogen) atoms. The first kappa shape index (κ1) is 12.8. The monoisotopic (exact) mass is 260 g/mol. The van der Waals surface area contributed by atoms with Crippen molar-refractivity contribution in [1.82, 2.24) is 0 Å². The largest absolute Gasteiger partial charge is 0.399 e. The molecule has 2 aromatic rings. The number of benzene rings is 2. The first-order chi connectivity index (χ1) is 8.65. The summed E-state index contributed by atoms with van der Waals surface area (Å²) in [4.78, 5) is 0. The first-order valence-corrected chi connectivity index (χ1v) is 6.37. The van der Waals surface area contributed by atoms with E-state index in [0.717, 1.165) is 29.4 Å². The third-order valence-electron chi connectivity index (χ3n) is 2.89. The van der Waals surface area contributed by atoms with E-state index in [1.54, 1.807) is 0 Å². The normalized spacial score (nSPS) is 10.3. The van der Waals surface area contributed by atoms with Crippen molar-refractivity contribution in [3.05, 3.63) is 58.6 Å². The molecule has 0 bridgehead atoms. The molecule has 0 aliphatic rings. The first-order valence-electron chi connectivity index (χ1n) is 5.99. The van der Waals surface area contributed by atoms with E-state index in [1.807, 2.05) is 30.3 Å². The summed E-state index contributed by atoms with van der Waals surface area (Å²) in [6, 6.07) is 13.9. The van der Waals surface area contributed by atoms with Crippen molar-refractivity contribution in [1.29, 1.82) is 0 Å². The van der Waals surface area contributed by atoms with Crippen LogP contribution in [0.25, 0.3) is 0 Å². The van der Waals surface area contributed by atoms with Crippen LogP contribution in [0.5, 0.6) is 0 Å². The molecule has 3 heteroatoms. The lowest BCUT2D eigenvalue weighted by Crippen LogP contribution is -2.06. The van der Waals surface area contributed by atoms with Gasteiger partial charge in [0, 0.05) is 22.9 Å². The van der Waals surface area contributed by atoms with E-state index in [1.165, 1.54) is 11.1 Å². The van der Waals surface area contributed by atoms with Crippen molar-refractivity contribution in [2.45, 2.75) is 13.3 Å². The molecule has 3 N–H and O–H groups in total. The molecule has 0 radical (unpaired) electrons. The Morgan fingerprint density at radius 3 is 2.50 bits per heavy atom.